The lowest BCUT2D eigenvalue weighted by molar-refractivity contribution is 0.0993. The van der Waals surface area contributed by atoms with Gasteiger partial charge in [-0.2, -0.15) is 0 Å². The average Bonchev–Trinajstić information content (AvgIpc) is 2.40. The van der Waals surface area contributed by atoms with E-state index in [9.17, 15) is 9.18 Å². The van der Waals surface area contributed by atoms with Crippen LogP contribution in [0.2, 0.25) is 0 Å². The fourth-order valence-electron chi connectivity index (χ4n) is 1.73. The smallest absolute Gasteiger partial charge is 0.167 e. The van der Waals surface area contributed by atoms with Crippen molar-refractivity contribution in [2.45, 2.75) is 6.42 Å². The Kier molecular flexibility index (Phi) is 3.72. The van der Waals surface area contributed by atoms with E-state index in [-0.39, 0.29) is 18.0 Å². The molecule has 2 aromatic carbocycles. The predicted octanol–water partition coefficient (Wildman–Crippen LogP) is 3.26. The van der Waals surface area contributed by atoms with Gasteiger partial charge in [-0.1, -0.05) is 36.4 Å². The molecule has 2 rings (SSSR count). The van der Waals surface area contributed by atoms with Crippen molar-refractivity contribution in [1.82, 2.24) is 0 Å². The third kappa shape index (κ3) is 2.74. The van der Waals surface area contributed by atoms with Gasteiger partial charge in [0.2, 0.25) is 0 Å². The molecule has 0 radical (unpaired) electrons. The van der Waals surface area contributed by atoms with Gasteiger partial charge in [-0.25, -0.2) is 4.39 Å². The summed E-state index contributed by atoms with van der Waals surface area (Å²) < 4.78 is 18.3. The van der Waals surface area contributed by atoms with E-state index in [0.717, 1.165) is 0 Å². The van der Waals surface area contributed by atoms with Crippen LogP contribution >= 0.6 is 0 Å². The molecule has 0 unspecified atom stereocenters. The largest absolute Gasteiger partial charge is 0.494 e. The first kappa shape index (κ1) is 12.3. The summed E-state index contributed by atoms with van der Waals surface area (Å²) in [6.45, 7) is 0. The van der Waals surface area contributed by atoms with Gasteiger partial charge in [0.25, 0.3) is 0 Å². The number of rotatable bonds is 4. The number of hydrogen-bond donors (Lipinski definition) is 0. The number of methoxy groups -OCH3 is 1. The molecular weight excluding hydrogens is 231 g/mol. The number of hydrogen-bond acceptors (Lipinski definition) is 2. The van der Waals surface area contributed by atoms with Crippen molar-refractivity contribution in [2.24, 2.45) is 0 Å². The molecule has 0 heterocycles. The second kappa shape index (κ2) is 5.45. The quantitative estimate of drug-likeness (QED) is 0.772. The fourth-order valence-corrected chi connectivity index (χ4v) is 1.73. The number of Topliss-reactive ketones (excluding diaryl/α,β-unsaturated/α-hetero) is 1. The van der Waals surface area contributed by atoms with Gasteiger partial charge in [0.15, 0.2) is 17.3 Å². The van der Waals surface area contributed by atoms with Gasteiger partial charge >= 0.3 is 0 Å². The van der Waals surface area contributed by atoms with Crippen molar-refractivity contribution >= 4 is 5.78 Å². The Morgan fingerprint density at radius 1 is 1.17 bits per heavy atom. The standard InChI is InChI=1S/C15H13FO2/c1-18-15-8-7-11(9-13(15)16)10-14(17)12-5-3-2-4-6-12/h2-9H,10H2,1H3. The minimum absolute atomic E-state index is 0.0276. The van der Waals surface area contributed by atoms with Crippen LogP contribution in [0.4, 0.5) is 4.39 Å². The van der Waals surface area contributed by atoms with E-state index in [1.54, 1.807) is 18.2 Å². The molecule has 18 heavy (non-hydrogen) atoms. The number of ketones is 1. The van der Waals surface area contributed by atoms with E-state index in [1.165, 1.54) is 19.2 Å². The summed E-state index contributed by atoms with van der Waals surface area (Å²) in [5.41, 5.74) is 1.27. The van der Waals surface area contributed by atoms with Crippen molar-refractivity contribution < 1.29 is 13.9 Å². The summed E-state index contributed by atoms with van der Waals surface area (Å²) in [5.74, 6) is -0.290. The van der Waals surface area contributed by atoms with E-state index in [2.05, 4.69) is 0 Å². The Labute approximate surface area is 105 Å². The molecule has 0 atom stereocenters. The monoisotopic (exact) mass is 244 g/mol. The van der Waals surface area contributed by atoms with Crippen LogP contribution < -0.4 is 4.74 Å². The number of halogens is 1. The Hall–Kier alpha value is -2.16. The molecule has 0 saturated heterocycles. The molecule has 0 fully saturated rings. The van der Waals surface area contributed by atoms with Crippen LogP contribution in [-0.2, 0) is 6.42 Å². The lowest BCUT2D eigenvalue weighted by Gasteiger charge is -2.05. The van der Waals surface area contributed by atoms with E-state index in [4.69, 9.17) is 4.74 Å². The first-order valence-electron chi connectivity index (χ1n) is 5.61. The van der Waals surface area contributed by atoms with Crippen molar-refractivity contribution in [3.8, 4) is 5.75 Å². The van der Waals surface area contributed by atoms with Crippen molar-refractivity contribution in [3.05, 3.63) is 65.5 Å². The zero-order valence-electron chi connectivity index (χ0n) is 10.0. The molecule has 0 aliphatic rings. The normalized spacial score (nSPS) is 10.1. The molecule has 0 amide bonds. The van der Waals surface area contributed by atoms with Gasteiger partial charge in [-0.3, -0.25) is 4.79 Å². The summed E-state index contributed by atoms with van der Waals surface area (Å²) in [6.07, 6.45) is 0.185. The molecule has 0 aliphatic carbocycles. The molecule has 0 spiro atoms. The topological polar surface area (TPSA) is 26.3 Å². The number of carbonyl (C=O) groups is 1. The SMILES string of the molecule is COc1ccc(CC(=O)c2ccccc2)cc1F. The van der Waals surface area contributed by atoms with Crippen LogP contribution in [0.1, 0.15) is 15.9 Å². The zero-order valence-corrected chi connectivity index (χ0v) is 10.0. The highest BCUT2D eigenvalue weighted by atomic mass is 19.1. The summed E-state index contributed by atoms with van der Waals surface area (Å²) in [4.78, 5) is 11.9. The molecule has 0 saturated carbocycles. The summed E-state index contributed by atoms with van der Waals surface area (Å²) >= 11 is 0. The summed E-state index contributed by atoms with van der Waals surface area (Å²) in [7, 11) is 1.41. The highest BCUT2D eigenvalue weighted by molar-refractivity contribution is 5.97. The highest BCUT2D eigenvalue weighted by Gasteiger charge is 2.09. The fraction of sp³-hybridized carbons (Fsp3) is 0.133. The summed E-state index contributed by atoms with van der Waals surface area (Å²) in [6, 6.07) is 13.5. The predicted molar refractivity (Wildman–Crippen MR) is 67.4 cm³/mol. The van der Waals surface area contributed by atoms with Crippen molar-refractivity contribution in [2.75, 3.05) is 7.11 Å². The van der Waals surface area contributed by atoms with Gasteiger partial charge < -0.3 is 4.74 Å². The van der Waals surface area contributed by atoms with Gasteiger partial charge in [0.05, 0.1) is 7.11 Å². The third-order valence-corrected chi connectivity index (χ3v) is 2.68. The third-order valence-electron chi connectivity index (χ3n) is 2.68. The minimum atomic E-state index is -0.448. The highest BCUT2D eigenvalue weighted by Crippen LogP contribution is 2.18. The van der Waals surface area contributed by atoms with E-state index in [1.807, 2.05) is 18.2 Å². The van der Waals surface area contributed by atoms with Gasteiger partial charge in [0, 0.05) is 12.0 Å². The Balaban J connectivity index is 2.15. The molecule has 0 N–H and O–H groups in total. The minimum Gasteiger partial charge on any atom is -0.494 e. The van der Waals surface area contributed by atoms with E-state index in [0.29, 0.717) is 11.1 Å². The molecule has 2 nitrogen and oxygen atoms in total. The Morgan fingerprint density at radius 2 is 1.89 bits per heavy atom. The van der Waals surface area contributed by atoms with Gasteiger partial charge in [-0.15, -0.1) is 0 Å². The van der Waals surface area contributed by atoms with Gasteiger partial charge in [-0.05, 0) is 17.7 Å². The van der Waals surface area contributed by atoms with E-state index >= 15 is 0 Å². The van der Waals surface area contributed by atoms with Crippen LogP contribution in [0.5, 0.6) is 5.75 Å². The summed E-state index contributed by atoms with van der Waals surface area (Å²) in [5, 5.41) is 0. The second-order valence-electron chi connectivity index (χ2n) is 3.93. The molecule has 0 aliphatic heterocycles. The Bertz CT molecular complexity index is 550. The maximum Gasteiger partial charge on any atom is 0.167 e. The molecule has 0 bridgehead atoms. The van der Waals surface area contributed by atoms with Gasteiger partial charge in [0.1, 0.15) is 0 Å². The molecule has 3 heteroatoms. The number of benzene rings is 2. The lowest BCUT2D eigenvalue weighted by atomic mass is 10.0. The van der Waals surface area contributed by atoms with Crippen molar-refractivity contribution in [1.29, 1.82) is 0 Å². The van der Waals surface area contributed by atoms with Crippen molar-refractivity contribution in [3.63, 3.8) is 0 Å². The molecular formula is C15H13FO2. The zero-order chi connectivity index (χ0) is 13.0. The molecule has 2 aromatic rings. The first-order valence-corrected chi connectivity index (χ1v) is 5.61. The lowest BCUT2D eigenvalue weighted by Crippen LogP contribution is -2.03. The maximum atomic E-state index is 13.5. The van der Waals surface area contributed by atoms with Crippen LogP contribution in [0.25, 0.3) is 0 Å². The number of carbonyl (C=O) groups excluding carboxylic acids is 1. The maximum absolute atomic E-state index is 13.5. The molecule has 92 valence electrons. The van der Waals surface area contributed by atoms with Crippen LogP contribution in [0.3, 0.4) is 0 Å². The molecule has 0 aromatic heterocycles. The second-order valence-corrected chi connectivity index (χ2v) is 3.93. The average molecular weight is 244 g/mol. The van der Waals surface area contributed by atoms with E-state index < -0.39 is 5.82 Å². The van der Waals surface area contributed by atoms with Crippen LogP contribution in [0.15, 0.2) is 48.5 Å². The van der Waals surface area contributed by atoms with Crippen LogP contribution in [-0.4, -0.2) is 12.9 Å². The first-order chi connectivity index (χ1) is 8.70. The van der Waals surface area contributed by atoms with Crippen LogP contribution in [0, 0.1) is 5.82 Å². The Morgan fingerprint density at radius 3 is 2.50 bits per heavy atom. The number of ether oxygens (including phenoxy) is 1.